The highest BCUT2D eigenvalue weighted by Gasteiger charge is 2.17. The van der Waals surface area contributed by atoms with Crippen molar-refractivity contribution in [3.05, 3.63) is 69.3 Å². The summed E-state index contributed by atoms with van der Waals surface area (Å²) in [5, 5.41) is -0.0246. The highest BCUT2D eigenvalue weighted by atomic mass is 32.2. The molecule has 1 N–H and O–H groups in total. The summed E-state index contributed by atoms with van der Waals surface area (Å²) in [6, 6.07) is 8.57. The molecule has 3 rings (SSSR count). The van der Waals surface area contributed by atoms with Gasteiger partial charge in [-0.25, -0.2) is 22.4 Å². The molecule has 2 aromatic carbocycles. The van der Waals surface area contributed by atoms with Crippen LogP contribution in [0.2, 0.25) is 0 Å². The average Bonchev–Trinajstić information content (AvgIpc) is 2.57. The van der Waals surface area contributed by atoms with Crippen LogP contribution in [-0.4, -0.2) is 13.0 Å². The molecule has 0 spiro atoms. The summed E-state index contributed by atoms with van der Waals surface area (Å²) < 4.78 is 45.9. The van der Waals surface area contributed by atoms with E-state index in [1.165, 1.54) is 28.8 Å². The summed E-state index contributed by atoms with van der Waals surface area (Å²) in [5.41, 5.74) is -0.458. The predicted molar refractivity (Wildman–Crippen MR) is 89.6 cm³/mol. The first-order chi connectivity index (χ1) is 11.8. The van der Waals surface area contributed by atoms with Gasteiger partial charge >= 0.3 is 11.4 Å². The van der Waals surface area contributed by atoms with Crippen LogP contribution < -0.4 is 16.1 Å². The minimum Gasteiger partial charge on any atom is -0.372 e. The lowest BCUT2D eigenvalue weighted by atomic mass is 10.2. The van der Waals surface area contributed by atoms with E-state index < -0.39 is 27.2 Å². The Hall–Kier alpha value is -2.94. The Morgan fingerprint density at radius 3 is 2.44 bits per heavy atom. The zero-order valence-electron chi connectivity index (χ0n) is 13.0. The molecule has 0 aliphatic heterocycles. The van der Waals surface area contributed by atoms with Gasteiger partial charge < -0.3 is 4.42 Å². The number of rotatable bonds is 4. The number of benzene rings is 2. The second-order valence-electron chi connectivity index (χ2n) is 5.19. The van der Waals surface area contributed by atoms with Gasteiger partial charge in [-0.3, -0.25) is 9.29 Å². The van der Waals surface area contributed by atoms with Crippen LogP contribution in [0.1, 0.15) is 6.92 Å². The first-order valence-electron chi connectivity index (χ1n) is 7.28. The van der Waals surface area contributed by atoms with Crippen LogP contribution in [0.3, 0.4) is 0 Å². The number of sulfonamides is 1. The number of hydrogen-bond acceptors (Lipinski definition) is 5. The van der Waals surface area contributed by atoms with Crippen molar-refractivity contribution in [2.24, 2.45) is 0 Å². The van der Waals surface area contributed by atoms with Crippen molar-refractivity contribution in [2.45, 2.75) is 18.4 Å². The lowest BCUT2D eigenvalue weighted by Gasteiger charge is -2.10. The SMILES string of the molecule is CCn1c(=O)oc(=O)c2cc(S(=O)(=O)Nc3ccc(F)cc3)ccc21. The molecule has 0 aliphatic rings. The van der Waals surface area contributed by atoms with Crippen LogP contribution in [0.15, 0.2) is 61.4 Å². The Kier molecular flexibility index (Phi) is 4.17. The van der Waals surface area contributed by atoms with Gasteiger partial charge in [0.2, 0.25) is 0 Å². The minimum absolute atomic E-state index is 0.0246. The molecule has 0 saturated carbocycles. The van der Waals surface area contributed by atoms with Crippen LogP contribution in [0, 0.1) is 5.82 Å². The maximum atomic E-state index is 12.9. The molecule has 1 heterocycles. The summed E-state index contributed by atoms with van der Waals surface area (Å²) in [7, 11) is -4.00. The number of aryl methyl sites for hydroxylation is 1. The first kappa shape index (κ1) is 16.9. The van der Waals surface area contributed by atoms with Crippen LogP contribution in [0.5, 0.6) is 0 Å². The number of nitrogens with one attached hydrogen (secondary N) is 1. The van der Waals surface area contributed by atoms with Crippen molar-refractivity contribution in [1.29, 1.82) is 0 Å². The molecule has 3 aromatic rings. The van der Waals surface area contributed by atoms with Crippen molar-refractivity contribution in [3.63, 3.8) is 0 Å². The van der Waals surface area contributed by atoms with Crippen LogP contribution >= 0.6 is 0 Å². The van der Waals surface area contributed by atoms with Crippen molar-refractivity contribution in [2.75, 3.05) is 4.72 Å². The maximum absolute atomic E-state index is 12.9. The molecular weight excluding hydrogens is 351 g/mol. The van der Waals surface area contributed by atoms with Crippen molar-refractivity contribution < 1.29 is 17.2 Å². The summed E-state index contributed by atoms with van der Waals surface area (Å²) >= 11 is 0. The van der Waals surface area contributed by atoms with E-state index in [0.29, 0.717) is 0 Å². The Labute approximate surface area is 141 Å². The van der Waals surface area contributed by atoms with E-state index >= 15 is 0 Å². The quantitative estimate of drug-likeness (QED) is 0.763. The molecular formula is C16H13FN2O5S. The molecule has 0 aliphatic carbocycles. The fourth-order valence-corrected chi connectivity index (χ4v) is 3.48. The van der Waals surface area contributed by atoms with Gasteiger partial charge in [-0.15, -0.1) is 0 Å². The Morgan fingerprint density at radius 2 is 1.80 bits per heavy atom. The number of aromatic nitrogens is 1. The predicted octanol–water partition coefficient (Wildman–Crippen LogP) is 1.91. The third-order valence-electron chi connectivity index (χ3n) is 3.60. The van der Waals surface area contributed by atoms with Gasteiger partial charge in [-0.05, 0) is 49.4 Å². The smallest absolute Gasteiger partial charge is 0.372 e. The second kappa shape index (κ2) is 6.17. The van der Waals surface area contributed by atoms with E-state index in [4.69, 9.17) is 0 Å². The van der Waals surface area contributed by atoms with Gasteiger partial charge in [0.25, 0.3) is 10.0 Å². The molecule has 7 nitrogen and oxygen atoms in total. The normalized spacial score (nSPS) is 11.6. The lowest BCUT2D eigenvalue weighted by molar-refractivity contribution is 0.421. The van der Waals surface area contributed by atoms with Crippen molar-refractivity contribution in [1.82, 2.24) is 4.57 Å². The Bertz CT molecular complexity index is 1160. The maximum Gasteiger partial charge on any atom is 0.422 e. The summed E-state index contributed by atoms with van der Waals surface area (Å²) in [4.78, 5) is 23.4. The van der Waals surface area contributed by atoms with Crippen molar-refractivity contribution >= 4 is 26.6 Å². The van der Waals surface area contributed by atoms with Gasteiger partial charge in [0, 0.05) is 12.2 Å². The van der Waals surface area contributed by atoms with Gasteiger partial charge in [0.15, 0.2) is 0 Å². The molecule has 0 radical (unpaired) electrons. The number of fused-ring (bicyclic) bond motifs is 1. The number of anilines is 1. The summed E-state index contributed by atoms with van der Waals surface area (Å²) in [6.45, 7) is 1.96. The Morgan fingerprint density at radius 1 is 1.12 bits per heavy atom. The van der Waals surface area contributed by atoms with Gasteiger partial charge in [0.05, 0.1) is 15.8 Å². The van der Waals surface area contributed by atoms with Crippen LogP contribution in [-0.2, 0) is 16.6 Å². The van der Waals surface area contributed by atoms with E-state index in [1.807, 2.05) is 0 Å². The first-order valence-corrected chi connectivity index (χ1v) is 8.76. The fraction of sp³-hybridized carbons (Fsp3) is 0.125. The van der Waals surface area contributed by atoms with Crippen LogP contribution in [0.25, 0.3) is 10.9 Å². The molecule has 9 heteroatoms. The number of hydrogen-bond donors (Lipinski definition) is 1. The molecule has 0 atom stereocenters. The topological polar surface area (TPSA) is 98.4 Å². The van der Waals surface area contributed by atoms with E-state index in [2.05, 4.69) is 9.14 Å². The third-order valence-corrected chi connectivity index (χ3v) is 4.98. The van der Waals surface area contributed by atoms with E-state index in [-0.39, 0.29) is 28.0 Å². The van der Waals surface area contributed by atoms with Crippen molar-refractivity contribution in [3.8, 4) is 0 Å². The molecule has 130 valence electrons. The van der Waals surface area contributed by atoms with Gasteiger partial charge in [-0.1, -0.05) is 0 Å². The molecule has 1 aromatic heterocycles. The number of halogens is 1. The summed E-state index contributed by atoms with van der Waals surface area (Å²) in [5.74, 6) is -1.30. The zero-order valence-corrected chi connectivity index (χ0v) is 13.8. The van der Waals surface area contributed by atoms with E-state index in [1.54, 1.807) is 6.92 Å². The fourth-order valence-electron chi connectivity index (χ4n) is 2.40. The monoisotopic (exact) mass is 364 g/mol. The zero-order chi connectivity index (χ0) is 18.2. The van der Waals surface area contributed by atoms with E-state index in [0.717, 1.165) is 18.2 Å². The molecule has 0 bridgehead atoms. The molecule has 25 heavy (non-hydrogen) atoms. The molecule has 0 fully saturated rings. The molecule has 0 saturated heterocycles. The summed E-state index contributed by atoms with van der Waals surface area (Å²) in [6.07, 6.45) is 0. The standard InChI is InChI=1S/C16H13FN2O5S/c1-2-19-14-8-7-12(9-13(14)15(20)24-16(19)21)25(22,23)18-11-5-3-10(17)4-6-11/h3-9,18H,2H2,1H3. The second-order valence-corrected chi connectivity index (χ2v) is 6.87. The number of nitrogens with zero attached hydrogens (tertiary/aromatic N) is 1. The molecule has 0 amide bonds. The highest BCUT2D eigenvalue weighted by molar-refractivity contribution is 7.92. The molecule has 0 unspecified atom stereocenters. The van der Waals surface area contributed by atoms with E-state index in [9.17, 15) is 22.4 Å². The minimum atomic E-state index is -4.00. The van der Waals surface area contributed by atoms with Gasteiger partial charge in [0.1, 0.15) is 5.82 Å². The largest absolute Gasteiger partial charge is 0.422 e. The average molecular weight is 364 g/mol. The lowest BCUT2D eigenvalue weighted by Crippen LogP contribution is -2.24. The third kappa shape index (κ3) is 3.18. The van der Waals surface area contributed by atoms with Crippen LogP contribution in [0.4, 0.5) is 10.1 Å². The van der Waals surface area contributed by atoms with Gasteiger partial charge in [-0.2, -0.15) is 0 Å². The highest BCUT2D eigenvalue weighted by Crippen LogP contribution is 2.19. The Balaban J connectivity index is 2.11.